The lowest BCUT2D eigenvalue weighted by Gasteiger charge is -2.41. The van der Waals surface area contributed by atoms with Crippen LogP contribution in [0.5, 0.6) is 5.75 Å². The molecule has 7 heteroatoms. The van der Waals surface area contributed by atoms with E-state index < -0.39 is 11.9 Å². The van der Waals surface area contributed by atoms with Crippen LogP contribution in [0.2, 0.25) is 0 Å². The summed E-state index contributed by atoms with van der Waals surface area (Å²) in [6, 6.07) is 7.16. The van der Waals surface area contributed by atoms with Crippen molar-refractivity contribution in [2.24, 2.45) is 5.73 Å². The molecule has 2 heterocycles. The van der Waals surface area contributed by atoms with Crippen LogP contribution in [0.15, 0.2) is 24.3 Å². The highest BCUT2D eigenvalue weighted by molar-refractivity contribution is 6.00. The highest BCUT2D eigenvalue weighted by atomic mass is 16.5. The maximum Gasteiger partial charge on any atom is 0.270 e. The van der Waals surface area contributed by atoms with Crippen LogP contribution >= 0.6 is 0 Å². The number of H-pyrrole nitrogens is 1. The fourth-order valence-electron chi connectivity index (χ4n) is 3.44. The standard InChI is InChI=1S/C18H24N4O3/c1-11(2)22-8-7-21(10-15(22)17(19)23)18(24)14-9-12-13(20-14)5-4-6-16(12)25-3/h4-6,9,11,15,20H,7-8,10H2,1-3H3,(H2,19,23)/t15-/m1/s1. The van der Waals surface area contributed by atoms with E-state index in [2.05, 4.69) is 4.98 Å². The molecule has 1 aromatic carbocycles. The lowest BCUT2D eigenvalue weighted by Crippen LogP contribution is -2.61. The van der Waals surface area contributed by atoms with Gasteiger partial charge in [0.1, 0.15) is 17.5 Å². The molecular formula is C18H24N4O3. The van der Waals surface area contributed by atoms with Gasteiger partial charge in [0, 0.05) is 36.6 Å². The molecule has 0 aliphatic carbocycles. The zero-order valence-corrected chi connectivity index (χ0v) is 14.8. The van der Waals surface area contributed by atoms with E-state index in [0.717, 1.165) is 10.9 Å². The first kappa shape index (κ1) is 17.3. The summed E-state index contributed by atoms with van der Waals surface area (Å²) in [5.41, 5.74) is 6.88. The van der Waals surface area contributed by atoms with E-state index in [9.17, 15) is 9.59 Å². The number of hydrogen-bond donors (Lipinski definition) is 2. The Balaban J connectivity index is 1.85. The summed E-state index contributed by atoms with van der Waals surface area (Å²) < 4.78 is 5.34. The molecule has 1 aliphatic rings. The molecule has 3 rings (SSSR count). The van der Waals surface area contributed by atoms with Crippen LogP contribution < -0.4 is 10.5 Å². The maximum absolute atomic E-state index is 12.9. The summed E-state index contributed by atoms with van der Waals surface area (Å²) in [6.07, 6.45) is 0. The molecule has 0 bridgehead atoms. The molecule has 1 atom stereocenters. The van der Waals surface area contributed by atoms with Gasteiger partial charge in [-0.3, -0.25) is 14.5 Å². The average Bonchev–Trinajstić information content (AvgIpc) is 3.04. The molecule has 0 saturated carbocycles. The van der Waals surface area contributed by atoms with Crippen LogP contribution in [-0.2, 0) is 4.79 Å². The second-order valence-electron chi connectivity index (χ2n) is 6.61. The van der Waals surface area contributed by atoms with Crippen molar-refractivity contribution in [3.05, 3.63) is 30.0 Å². The molecule has 1 aromatic heterocycles. The fraction of sp³-hybridized carbons (Fsp3) is 0.444. The Morgan fingerprint density at radius 2 is 2.08 bits per heavy atom. The largest absolute Gasteiger partial charge is 0.496 e. The Kier molecular flexibility index (Phi) is 4.67. The van der Waals surface area contributed by atoms with Crippen LogP contribution in [0.1, 0.15) is 24.3 Å². The summed E-state index contributed by atoms with van der Waals surface area (Å²) >= 11 is 0. The highest BCUT2D eigenvalue weighted by Gasteiger charge is 2.35. The summed E-state index contributed by atoms with van der Waals surface area (Å²) in [5, 5.41) is 0.862. The third-order valence-corrected chi connectivity index (χ3v) is 4.78. The zero-order chi connectivity index (χ0) is 18.1. The van der Waals surface area contributed by atoms with Gasteiger partial charge in [0.25, 0.3) is 5.91 Å². The Bertz CT molecular complexity index is 799. The molecule has 1 saturated heterocycles. The number of rotatable bonds is 4. The van der Waals surface area contributed by atoms with E-state index in [0.29, 0.717) is 31.1 Å². The Morgan fingerprint density at radius 1 is 1.32 bits per heavy atom. The van der Waals surface area contributed by atoms with Crippen LogP contribution in [0.3, 0.4) is 0 Å². The minimum atomic E-state index is -0.461. The lowest BCUT2D eigenvalue weighted by atomic mass is 10.1. The van der Waals surface area contributed by atoms with E-state index in [1.54, 1.807) is 18.1 Å². The van der Waals surface area contributed by atoms with Crippen LogP contribution in [0.4, 0.5) is 0 Å². The van der Waals surface area contributed by atoms with Crippen molar-refractivity contribution >= 4 is 22.7 Å². The van der Waals surface area contributed by atoms with Crippen molar-refractivity contribution in [1.29, 1.82) is 0 Å². The van der Waals surface area contributed by atoms with E-state index in [1.165, 1.54) is 0 Å². The van der Waals surface area contributed by atoms with Gasteiger partial charge in [-0.1, -0.05) is 6.07 Å². The maximum atomic E-state index is 12.9. The molecule has 1 aliphatic heterocycles. The smallest absolute Gasteiger partial charge is 0.270 e. The molecule has 0 radical (unpaired) electrons. The molecule has 25 heavy (non-hydrogen) atoms. The topological polar surface area (TPSA) is 91.7 Å². The van der Waals surface area contributed by atoms with Crippen molar-refractivity contribution in [3.8, 4) is 5.75 Å². The van der Waals surface area contributed by atoms with Gasteiger partial charge < -0.3 is 20.4 Å². The predicted molar refractivity (Wildman–Crippen MR) is 95.6 cm³/mol. The number of nitrogens with one attached hydrogen (secondary N) is 1. The molecule has 3 N–H and O–H groups in total. The van der Waals surface area contributed by atoms with Crippen molar-refractivity contribution in [1.82, 2.24) is 14.8 Å². The highest BCUT2D eigenvalue weighted by Crippen LogP contribution is 2.27. The van der Waals surface area contributed by atoms with Gasteiger partial charge >= 0.3 is 0 Å². The first-order chi connectivity index (χ1) is 11.9. The van der Waals surface area contributed by atoms with Crippen molar-refractivity contribution in [3.63, 3.8) is 0 Å². The summed E-state index contributed by atoms with van der Waals surface area (Å²) in [6.45, 7) is 5.54. The number of carbonyl (C=O) groups excluding carboxylic acids is 2. The monoisotopic (exact) mass is 344 g/mol. The minimum Gasteiger partial charge on any atom is -0.496 e. The van der Waals surface area contributed by atoms with Gasteiger partial charge in [-0.15, -0.1) is 0 Å². The molecule has 0 spiro atoms. The number of nitrogens with zero attached hydrogens (tertiary/aromatic N) is 2. The van der Waals surface area contributed by atoms with Gasteiger partial charge in [0.2, 0.25) is 5.91 Å². The number of nitrogens with two attached hydrogens (primary N) is 1. The third-order valence-electron chi connectivity index (χ3n) is 4.78. The molecular weight excluding hydrogens is 320 g/mol. The second-order valence-corrected chi connectivity index (χ2v) is 6.61. The number of piperazine rings is 1. The van der Waals surface area contributed by atoms with Crippen LogP contribution in [0, 0.1) is 0 Å². The van der Waals surface area contributed by atoms with Gasteiger partial charge in [-0.2, -0.15) is 0 Å². The molecule has 134 valence electrons. The van der Waals surface area contributed by atoms with Crippen LogP contribution in [0.25, 0.3) is 10.9 Å². The molecule has 1 fully saturated rings. The number of methoxy groups -OCH3 is 1. The summed E-state index contributed by atoms with van der Waals surface area (Å²) in [4.78, 5) is 31.6. The number of hydrogen-bond acceptors (Lipinski definition) is 4. The Hall–Kier alpha value is -2.54. The van der Waals surface area contributed by atoms with E-state index in [1.807, 2.05) is 36.9 Å². The number of aromatic nitrogens is 1. The van der Waals surface area contributed by atoms with Crippen LogP contribution in [-0.4, -0.2) is 65.4 Å². The SMILES string of the molecule is COc1cccc2[nH]c(C(=O)N3CCN(C(C)C)[C@@H](C(N)=O)C3)cc12. The number of primary amides is 1. The number of carbonyl (C=O) groups is 2. The minimum absolute atomic E-state index is 0.132. The number of fused-ring (bicyclic) bond motifs is 1. The average molecular weight is 344 g/mol. The molecule has 0 unspecified atom stereocenters. The molecule has 2 amide bonds. The van der Waals surface area contributed by atoms with Gasteiger partial charge in [-0.05, 0) is 32.0 Å². The number of ether oxygens (including phenoxy) is 1. The normalized spacial score (nSPS) is 18.7. The first-order valence-electron chi connectivity index (χ1n) is 8.42. The van der Waals surface area contributed by atoms with E-state index in [-0.39, 0.29) is 11.9 Å². The Labute approximate surface area is 146 Å². The first-order valence-corrected chi connectivity index (χ1v) is 8.42. The second kappa shape index (κ2) is 6.76. The van der Waals surface area contributed by atoms with Gasteiger partial charge in [-0.25, -0.2) is 0 Å². The summed E-state index contributed by atoms with van der Waals surface area (Å²) in [5.74, 6) is 0.185. The number of amides is 2. The fourth-order valence-corrected chi connectivity index (χ4v) is 3.44. The Morgan fingerprint density at radius 3 is 2.72 bits per heavy atom. The number of aromatic amines is 1. The summed E-state index contributed by atoms with van der Waals surface area (Å²) in [7, 11) is 1.60. The van der Waals surface area contributed by atoms with Crippen molar-refractivity contribution < 1.29 is 14.3 Å². The lowest BCUT2D eigenvalue weighted by molar-refractivity contribution is -0.126. The molecule has 2 aromatic rings. The molecule has 7 nitrogen and oxygen atoms in total. The predicted octanol–water partition coefficient (Wildman–Crippen LogP) is 1.20. The third kappa shape index (κ3) is 3.19. The van der Waals surface area contributed by atoms with Crippen molar-refractivity contribution in [2.45, 2.75) is 25.9 Å². The van der Waals surface area contributed by atoms with Gasteiger partial charge in [0.15, 0.2) is 0 Å². The zero-order valence-electron chi connectivity index (χ0n) is 14.8. The van der Waals surface area contributed by atoms with Gasteiger partial charge in [0.05, 0.1) is 7.11 Å². The van der Waals surface area contributed by atoms with E-state index >= 15 is 0 Å². The quantitative estimate of drug-likeness (QED) is 0.872. The number of benzene rings is 1. The van der Waals surface area contributed by atoms with Crippen molar-refractivity contribution in [2.75, 3.05) is 26.7 Å². The van der Waals surface area contributed by atoms with E-state index in [4.69, 9.17) is 10.5 Å².